The van der Waals surface area contributed by atoms with Crippen LogP contribution < -0.4 is 14.8 Å². The standard InChI is InChI=1S/C23H25N3O3S/c1-3-4-13-29-19-9-5-16(6-10-19)23(27)24-22-20-14-30-15-21(20)25-26(22)17-7-11-18(28-2)12-8-17/h5-12H,3-4,13-15H2,1-2H3,(H,24,27). The Morgan fingerprint density at radius 1 is 1.10 bits per heavy atom. The van der Waals surface area contributed by atoms with Crippen LogP contribution in [0.2, 0.25) is 0 Å². The molecule has 2 aromatic carbocycles. The van der Waals surface area contributed by atoms with E-state index in [-0.39, 0.29) is 5.91 Å². The van der Waals surface area contributed by atoms with Gasteiger partial charge in [0.25, 0.3) is 5.91 Å². The van der Waals surface area contributed by atoms with E-state index in [1.54, 1.807) is 31.0 Å². The van der Waals surface area contributed by atoms with Gasteiger partial charge in [0, 0.05) is 22.6 Å². The molecular formula is C23H25N3O3S. The first-order chi connectivity index (χ1) is 14.7. The molecule has 0 bridgehead atoms. The Hall–Kier alpha value is -2.93. The minimum atomic E-state index is -0.163. The number of ether oxygens (including phenoxy) is 2. The van der Waals surface area contributed by atoms with Gasteiger partial charge in [-0.15, -0.1) is 0 Å². The van der Waals surface area contributed by atoms with Crippen molar-refractivity contribution in [2.24, 2.45) is 0 Å². The van der Waals surface area contributed by atoms with Crippen LogP contribution in [0.5, 0.6) is 11.5 Å². The molecule has 1 aromatic heterocycles. The van der Waals surface area contributed by atoms with Crippen LogP contribution >= 0.6 is 11.8 Å². The molecule has 7 heteroatoms. The van der Waals surface area contributed by atoms with E-state index in [9.17, 15) is 4.79 Å². The summed E-state index contributed by atoms with van der Waals surface area (Å²) in [4.78, 5) is 12.9. The molecule has 3 aromatic rings. The SMILES string of the molecule is CCCCOc1ccc(C(=O)Nc2c3c(nn2-c2ccc(OC)cc2)CSC3)cc1. The van der Waals surface area contributed by atoms with Crippen LogP contribution in [-0.2, 0) is 11.5 Å². The lowest BCUT2D eigenvalue weighted by molar-refractivity contribution is 0.102. The zero-order valence-electron chi connectivity index (χ0n) is 17.2. The number of nitrogens with one attached hydrogen (secondary N) is 1. The molecule has 6 nitrogen and oxygen atoms in total. The number of anilines is 1. The summed E-state index contributed by atoms with van der Waals surface area (Å²) < 4.78 is 12.7. The molecule has 0 saturated carbocycles. The maximum absolute atomic E-state index is 12.9. The number of hydrogen-bond donors (Lipinski definition) is 1. The molecule has 1 aliphatic rings. The highest BCUT2D eigenvalue weighted by atomic mass is 32.2. The molecule has 0 spiro atoms. The van der Waals surface area contributed by atoms with Gasteiger partial charge in [0.05, 0.1) is 25.1 Å². The summed E-state index contributed by atoms with van der Waals surface area (Å²) in [6.45, 7) is 2.82. The number of carbonyl (C=O) groups excluding carboxylic acids is 1. The number of benzene rings is 2. The molecule has 0 saturated heterocycles. The molecule has 30 heavy (non-hydrogen) atoms. The third-order valence-corrected chi connectivity index (χ3v) is 5.95. The predicted octanol–water partition coefficient (Wildman–Crippen LogP) is 5.06. The summed E-state index contributed by atoms with van der Waals surface area (Å²) in [6, 6.07) is 14.9. The van der Waals surface area contributed by atoms with Crippen LogP contribution in [0.1, 0.15) is 41.4 Å². The fraction of sp³-hybridized carbons (Fsp3) is 0.304. The second-order valence-corrected chi connectivity index (χ2v) is 8.04. The maximum atomic E-state index is 12.9. The first-order valence-corrected chi connectivity index (χ1v) is 11.2. The first-order valence-electron chi connectivity index (χ1n) is 10.1. The zero-order valence-corrected chi connectivity index (χ0v) is 18.0. The highest BCUT2D eigenvalue weighted by Gasteiger charge is 2.25. The Morgan fingerprint density at radius 3 is 2.53 bits per heavy atom. The van der Waals surface area contributed by atoms with E-state index in [1.807, 2.05) is 41.1 Å². The average Bonchev–Trinajstić information content (AvgIpc) is 3.37. The lowest BCUT2D eigenvalue weighted by atomic mass is 10.2. The Kier molecular flexibility index (Phi) is 6.28. The van der Waals surface area contributed by atoms with Gasteiger partial charge in [0.15, 0.2) is 0 Å². The van der Waals surface area contributed by atoms with Gasteiger partial charge in [0.2, 0.25) is 0 Å². The van der Waals surface area contributed by atoms with Crippen LogP contribution in [0.25, 0.3) is 5.69 Å². The van der Waals surface area contributed by atoms with Gasteiger partial charge in [0.1, 0.15) is 17.3 Å². The lowest BCUT2D eigenvalue weighted by Crippen LogP contribution is -2.16. The molecule has 0 atom stereocenters. The fourth-order valence-electron chi connectivity index (χ4n) is 3.27. The molecule has 2 heterocycles. The number of fused-ring (bicyclic) bond motifs is 1. The van der Waals surface area contributed by atoms with E-state index >= 15 is 0 Å². The van der Waals surface area contributed by atoms with E-state index in [2.05, 4.69) is 12.2 Å². The van der Waals surface area contributed by atoms with Crippen molar-refractivity contribution in [2.75, 3.05) is 19.0 Å². The lowest BCUT2D eigenvalue weighted by Gasteiger charge is -2.12. The highest BCUT2D eigenvalue weighted by molar-refractivity contribution is 7.98. The number of aromatic nitrogens is 2. The molecule has 0 radical (unpaired) electrons. The number of rotatable bonds is 8. The molecular weight excluding hydrogens is 398 g/mol. The molecule has 156 valence electrons. The van der Waals surface area contributed by atoms with Gasteiger partial charge < -0.3 is 14.8 Å². The maximum Gasteiger partial charge on any atom is 0.256 e. The molecule has 1 aliphatic heterocycles. The van der Waals surface area contributed by atoms with E-state index in [4.69, 9.17) is 14.6 Å². The van der Waals surface area contributed by atoms with Gasteiger partial charge in [-0.1, -0.05) is 13.3 Å². The summed E-state index contributed by atoms with van der Waals surface area (Å²) in [7, 11) is 1.64. The van der Waals surface area contributed by atoms with Gasteiger partial charge in [-0.25, -0.2) is 4.68 Å². The molecule has 1 amide bonds. The van der Waals surface area contributed by atoms with E-state index in [1.165, 1.54) is 0 Å². The van der Waals surface area contributed by atoms with Crippen molar-refractivity contribution in [1.82, 2.24) is 9.78 Å². The zero-order chi connectivity index (χ0) is 20.9. The Morgan fingerprint density at radius 2 is 1.83 bits per heavy atom. The smallest absolute Gasteiger partial charge is 0.256 e. The topological polar surface area (TPSA) is 65.4 Å². The summed E-state index contributed by atoms with van der Waals surface area (Å²) in [6.07, 6.45) is 2.10. The van der Waals surface area contributed by atoms with E-state index in [0.717, 1.165) is 58.6 Å². The van der Waals surface area contributed by atoms with E-state index < -0.39 is 0 Å². The summed E-state index contributed by atoms with van der Waals surface area (Å²) in [5.74, 6) is 3.82. The molecule has 4 rings (SSSR count). The van der Waals surface area contributed by atoms with Crippen molar-refractivity contribution in [1.29, 1.82) is 0 Å². The quantitative estimate of drug-likeness (QED) is 0.513. The second-order valence-electron chi connectivity index (χ2n) is 7.06. The van der Waals surface area contributed by atoms with Crippen molar-refractivity contribution >= 4 is 23.5 Å². The predicted molar refractivity (Wildman–Crippen MR) is 120 cm³/mol. The van der Waals surface area contributed by atoms with Crippen LogP contribution in [0, 0.1) is 0 Å². The van der Waals surface area contributed by atoms with Crippen LogP contribution in [0.4, 0.5) is 5.82 Å². The van der Waals surface area contributed by atoms with Gasteiger partial charge >= 0.3 is 0 Å². The fourth-order valence-corrected chi connectivity index (χ4v) is 4.30. The molecule has 0 aliphatic carbocycles. The number of thioether (sulfide) groups is 1. The number of hydrogen-bond acceptors (Lipinski definition) is 5. The van der Waals surface area contributed by atoms with Crippen molar-refractivity contribution in [2.45, 2.75) is 31.3 Å². The van der Waals surface area contributed by atoms with Gasteiger partial charge in [-0.3, -0.25) is 4.79 Å². The molecule has 1 N–H and O–H groups in total. The van der Waals surface area contributed by atoms with Crippen molar-refractivity contribution in [3.8, 4) is 17.2 Å². The van der Waals surface area contributed by atoms with Crippen LogP contribution in [0.3, 0.4) is 0 Å². The number of methoxy groups -OCH3 is 1. The number of unbranched alkanes of at least 4 members (excludes halogenated alkanes) is 1. The van der Waals surface area contributed by atoms with Crippen molar-refractivity contribution in [3.05, 3.63) is 65.4 Å². The number of carbonyl (C=O) groups is 1. The summed E-state index contributed by atoms with van der Waals surface area (Å²) >= 11 is 1.80. The monoisotopic (exact) mass is 423 g/mol. The average molecular weight is 424 g/mol. The van der Waals surface area contributed by atoms with Crippen molar-refractivity contribution in [3.63, 3.8) is 0 Å². The van der Waals surface area contributed by atoms with Crippen LogP contribution in [-0.4, -0.2) is 29.4 Å². The third kappa shape index (κ3) is 4.31. The number of nitrogens with zero attached hydrogens (tertiary/aromatic N) is 2. The summed E-state index contributed by atoms with van der Waals surface area (Å²) in [5.41, 5.74) is 3.57. The normalized spacial score (nSPS) is 12.5. The summed E-state index contributed by atoms with van der Waals surface area (Å²) in [5, 5.41) is 7.82. The molecule has 0 fully saturated rings. The second kappa shape index (κ2) is 9.26. The van der Waals surface area contributed by atoms with Crippen LogP contribution in [0.15, 0.2) is 48.5 Å². The van der Waals surface area contributed by atoms with Crippen molar-refractivity contribution < 1.29 is 14.3 Å². The Balaban J connectivity index is 1.55. The highest BCUT2D eigenvalue weighted by Crippen LogP contribution is 2.36. The largest absolute Gasteiger partial charge is 0.497 e. The minimum Gasteiger partial charge on any atom is -0.497 e. The number of amides is 1. The Labute approximate surface area is 180 Å². The third-order valence-electron chi connectivity index (χ3n) is 4.98. The molecule has 0 unspecified atom stereocenters. The Bertz CT molecular complexity index is 1010. The first kappa shape index (κ1) is 20.3. The minimum absolute atomic E-state index is 0.163. The van der Waals surface area contributed by atoms with Gasteiger partial charge in [-0.2, -0.15) is 16.9 Å². The van der Waals surface area contributed by atoms with Gasteiger partial charge in [-0.05, 0) is 55.0 Å². The van der Waals surface area contributed by atoms with E-state index in [0.29, 0.717) is 12.2 Å².